The summed E-state index contributed by atoms with van der Waals surface area (Å²) in [4.78, 5) is 36.9. The summed E-state index contributed by atoms with van der Waals surface area (Å²) in [5.74, 6) is 1.41. The van der Waals surface area contributed by atoms with Gasteiger partial charge in [0.05, 0.1) is 44.2 Å². The van der Waals surface area contributed by atoms with Gasteiger partial charge in [0.15, 0.2) is 0 Å². The molecule has 0 aromatic heterocycles. The fourth-order valence-electron chi connectivity index (χ4n) is 8.27. The topological polar surface area (TPSA) is 160 Å². The number of hydrogen-bond donors (Lipinski definition) is 6. The standard InChI is InChI=1S/C19H21ClN2O2.C19H22N2O3.C19H22N2O2/c1-24-18-11-14(6-9-17(18)20)19(23)22-16-7-4-13(5-8-16)15-3-2-10-21-12-15;1-2-23-17-9-5-15(6-10-17)19(22)21-16-7-3-14(4-8-16)18-13-20-11-12-24-18;1-2-14-3-5-16(6-4-14)19(22)21-17-9-7-15(8-10-17)18-13-20-11-12-23-18/h4-9,11,15,21H,2-3,10,12H2,1H3,(H,22,23);3-10,18,20H,2,11-13H2,1H3,(H,21,22);3-10,18,20H,2,11-13H2,1H3,(H,21,22)/t15-;;/m0../s1. The van der Waals surface area contributed by atoms with E-state index in [-0.39, 0.29) is 29.9 Å². The number of ether oxygens (including phenoxy) is 4. The molecule has 6 aromatic rings. The number of halogens is 1. The van der Waals surface area contributed by atoms with Crippen LogP contribution in [0.5, 0.6) is 11.5 Å². The van der Waals surface area contributed by atoms with Gasteiger partial charge >= 0.3 is 0 Å². The van der Waals surface area contributed by atoms with Gasteiger partial charge in [-0.25, -0.2) is 0 Å². The van der Waals surface area contributed by atoms with E-state index in [4.69, 9.17) is 30.5 Å². The van der Waals surface area contributed by atoms with Crippen LogP contribution in [0.25, 0.3) is 0 Å². The minimum absolute atomic E-state index is 0.0783. The van der Waals surface area contributed by atoms with Crippen LogP contribution in [0.15, 0.2) is 140 Å². The van der Waals surface area contributed by atoms with E-state index in [2.05, 4.69) is 51.0 Å². The number of benzene rings is 6. The number of aryl methyl sites for hydroxylation is 1. The minimum Gasteiger partial charge on any atom is -0.495 e. The van der Waals surface area contributed by atoms with Gasteiger partial charge in [0, 0.05) is 66.5 Å². The van der Waals surface area contributed by atoms with E-state index in [0.717, 1.165) is 92.8 Å². The zero-order valence-electron chi connectivity index (χ0n) is 40.7. The van der Waals surface area contributed by atoms with Gasteiger partial charge in [0.1, 0.15) is 11.5 Å². The van der Waals surface area contributed by atoms with Crippen molar-refractivity contribution in [3.8, 4) is 11.5 Å². The molecule has 3 heterocycles. The summed E-state index contributed by atoms with van der Waals surface area (Å²) in [7, 11) is 1.53. The lowest BCUT2D eigenvalue weighted by atomic mass is 9.91. The van der Waals surface area contributed by atoms with Crippen molar-refractivity contribution < 1.29 is 33.3 Å². The number of nitrogens with one attached hydrogen (secondary N) is 6. The lowest BCUT2D eigenvalue weighted by Crippen LogP contribution is -2.33. The smallest absolute Gasteiger partial charge is 0.255 e. The number of hydrogen-bond acceptors (Lipinski definition) is 10. The second-order valence-electron chi connectivity index (χ2n) is 17.3. The number of morpholine rings is 2. The van der Waals surface area contributed by atoms with Crippen molar-refractivity contribution in [1.29, 1.82) is 0 Å². The van der Waals surface area contributed by atoms with Crippen LogP contribution >= 0.6 is 11.6 Å². The van der Waals surface area contributed by atoms with Crippen molar-refractivity contribution in [2.45, 2.75) is 51.2 Å². The highest BCUT2D eigenvalue weighted by molar-refractivity contribution is 6.32. The predicted molar refractivity (Wildman–Crippen MR) is 283 cm³/mol. The molecule has 3 aliphatic rings. The van der Waals surface area contributed by atoms with Crippen LogP contribution in [0.1, 0.15) is 98.1 Å². The summed E-state index contributed by atoms with van der Waals surface area (Å²) in [5, 5.41) is 19.3. The van der Waals surface area contributed by atoms with E-state index < -0.39 is 0 Å². The first-order chi connectivity index (χ1) is 34.7. The summed E-state index contributed by atoms with van der Waals surface area (Å²) in [6.45, 7) is 11.7. The summed E-state index contributed by atoms with van der Waals surface area (Å²) in [6.07, 6.45) is 3.57. The first-order valence-electron chi connectivity index (χ1n) is 24.4. The number of amides is 3. The highest BCUT2D eigenvalue weighted by Gasteiger charge is 2.18. The molecule has 3 fully saturated rings. The van der Waals surface area contributed by atoms with E-state index in [9.17, 15) is 14.4 Å². The van der Waals surface area contributed by atoms with Crippen molar-refractivity contribution in [1.82, 2.24) is 16.0 Å². The minimum atomic E-state index is -0.183. The molecule has 372 valence electrons. The van der Waals surface area contributed by atoms with Crippen LogP contribution in [0.3, 0.4) is 0 Å². The van der Waals surface area contributed by atoms with Crippen LogP contribution in [0, 0.1) is 0 Å². The van der Waals surface area contributed by atoms with Gasteiger partial charge in [0.2, 0.25) is 0 Å². The largest absolute Gasteiger partial charge is 0.495 e. The second kappa shape index (κ2) is 27.1. The molecule has 3 amide bonds. The van der Waals surface area contributed by atoms with Crippen molar-refractivity contribution in [3.05, 3.63) is 183 Å². The van der Waals surface area contributed by atoms with Gasteiger partial charge in [0.25, 0.3) is 17.7 Å². The molecule has 0 bridgehead atoms. The molecule has 6 aromatic carbocycles. The maximum absolute atomic E-state index is 12.4. The lowest BCUT2D eigenvalue weighted by molar-refractivity contribution is 0.0276. The van der Waals surface area contributed by atoms with Crippen LogP contribution < -0.4 is 41.4 Å². The number of methoxy groups -OCH3 is 1. The Morgan fingerprint density at radius 2 is 1.04 bits per heavy atom. The zero-order valence-corrected chi connectivity index (χ0v) is 41.5. The maximum Gasteiger partial charge on any atom is 0.255 e. The molecule has 3 atom stereocenters. The number of rotatable bonds is 13. The van der Waals surface area contributed by atoms with E-state index in [0.29, 0.717) is 40.0 Å². The zero-order chi connectivity index (χ0) is 49.8. The van der Waals surface area contributed by atoms with Gasteiger partial charge in [-0.1, -0.05) is 67.1 Å². The van der Waals surface area contributed by atoms with Gasteiger partial charge in [-0.05, 0) is 152 Å². The van der Waals surface area contributed by atoms with E-state index in [1.807, 2.05) is 91.9 Å². The highest BCUT2D eigenvalue weighted by atomic mass is 35.5. The monoisotopic (exact) mass is 980 g/mol. The van der Waals surface area contributed by atoms with Gasteiger partial charge in [-0.15, -0.1) is 0 Å². The Morgan fingerprint density at radius 1 is 0.577 bits per heavy atom. The van der Waals surface area contributed by atoms with Gasteiger partial charge < -0.3 is 50.8 Å². The SMILES string of the molecule is CCOc1ccc(C(=O)Nc2ccc(C3CNCCO3)cc2)cc1.CCc1ccc(C(=O)Nc2ccc(C3CNCCO3)cc2)cc1.COc1cc(C(=O)Nc2ccc([C@H]3CCCNC3)cc2)ccc1Cl. The molecular weight excluding hydrogens is 916 g/mol. The number of piperidine rings is 1. The van der Waals surface area contributed by atoms with Crippen LogP contribution in [-0.4, -0.2) is 83.9 Å². The third-order valence-electron chi connectivity index (χ3n) is 12.3. The molecule has 0 saturated carbocycles. The molecule has 0 radical (unpaired) electrons. The Morgan fingerprint density at radius 3 is 1.48 bits per heavy atom. The summed E-state index contributed by atoms with van der Waals surface area (Å²) < 4.78 is 22.0. The summed E-state index contributed by atoms with van der Waals surface area (Å²) in [6, 6.07) is 43.6. The molecule has 2 unspecified atom stereocenters. The van der Waals surface area contributed by atoms with Gasteiger partial charge in [-0.2, -0.15) is 0 Å². The molecule has 13 nitrogen and oxygen atoms in total. The van der Waals surface area contributed by atoms with Crippen molar-refractivity contribution in [2.75, 3.05) is 82.1 Å². The van der Waals surface area contributed by atoms with Crippen LogP contribution in [-0.2, 0) is 15.9 Å². The summed E-state index contributed by atoms with van der Waals surface area (Å²) >= 11 is 5.99. The quantitative estimate of drug-likeness (QED) is 0.0658. The Kier molecular flexibility index (Phi) is 20.0. The normalized spacial score (nSPS) is 17.4. The highest BCUT2D eigenvalue weighted by Crippen LogP contribution is 2.28. The molecule has 14 heteroatoms. The summed E-state index contributed by atoms with van der Waals surface area (Å²) in [5.41, 5.74) is 8.90. The number of carbonyl (C=O) groups is 3. The third kappa shape index (κ3) is 15.7. The Hall–Kier alpha value is -6.58. The first kappa shape index (κ1) is 52.2. The average Bonchev–Trinajstić information content (AvgIpc) is 3.43. The first-order valence-corrected chi connectivity index (χ1v) is 24.8. The molecular formula is C57H65ClN6O7. The molecule has 0 spiro atoms. The molecule has 71 heavy (non-hydrogen) atoms. The fourth-order valence-corrected chi connectivity index (χ4v) is 8.46. The maximum atomic E-state index is 12.4. The van der Waals surface area contributed by atoms with Crippen molar-refractivity contribution in [3.63, 3.8) is 0 Å². The van der Waals surface area contributed by atoms with E-state index >= 15 is 0 Å². The fraction of sp³-hybridized carbons (Fsp3) is 0.316. The average molecular weight is 982 g/mol. The Labute approximate surface area is 422 Å². The van der Waals surface area contributed by atoms with Crippen LogP contribution in [0.4, 0.5) is 17.1 Å². The van der Waals surface area contributed by atoms with Crippen LogP contribution in [0.2, 0.25) is 5.02 Å². The second-order valence-corrected chi connectivity index (χ2v) is 17.7. The predicted octanol–water partition coefficient (Wildman–Crippen LogP) is 10.2. The molecule has 3 saturated heterocycles. The molecule has 3 aliphatic heterocycles. The van der Waals surface area contributed by atoms with Gasteiger partial charge in [-0.3, -0.25) is 14.4 Å². The Balaban J connectivity index is 0.000000157. The molecule has 6 N–H and O–H groups in total. The van der Waals surface area contributed by atoms with E-state index in [1.165, 1.54) is 31.1 Å². The van der Waals surface area contributed by atoms with Crippen molar-refractivity contribution >= 4 is 46.4 Å². The van der Waals surface area contributed by atoms with Crippen molar-refractivity contribution in [2.24, 2.45) is 0 Å². The molecule has 0 aliphatic carbocycles. The number of anilines is 3. The Bertz CT molecular complexity index is 2600. The third-order valence-corrected chi connectivity index (χ3v) is 12.7. The lowest BCUT2D eigenvalue weighted by Gasteiger charge is -2.24. The molecule has 9 rings (SSSR count). The number of carbonyl (C=O) groups excluding carboxylic acids is 3. The van der Waals surface area contributed by atoms with E-state index in [1.54, 1.807) is 42.5 Å².